The number of hydrogen-bond acceptors (Lipinski definition) is 3. The number of rotatable bonds is 4. The second-order valence-corrected chi connectivity index (χ2v) is 6.40. The van der Waals surface area contributed by atoms with Crippen molar-refractivity contribution in [3.63, 3.8) is 0 Å². The lowest BCUT2D eigenvalue weighted by atomic mass is 10.0. The molecule has 2 heterocycles. The Kier molecular flexibility index (Phi) is 5.11. The molecule has 1 aliphatic heterocycles. The van der Waals surface area contributed by atoms with Gasteiger partial charge in [0, 0.05) is 38.4 Å². The van der Waals surface area contributed by atoms with E-state index in [9.17, 15) is 9.59 Å². The maximum absolute atomic E-state index is 12.4. The van der Waals surface area contributed by atoms with Gasteiger partial charge < -0.3 is 9.88 Å². The van der Waals surface area contributed by atoms with E-state index >= 15 is 0 Å². The van der Waals surface area contributed by atoms with Crippen LogP contribution in [0.2, 0.25) is 0 Å². The number of likely N-dealkylation sites (tertiary alicyclic amines) is 1. The minimum Gasteiger partial charge on any atom is -0.348 e. The summed E-state index contributed by atoms with van der Waals surface area (Å²) in [6.07, 6.45) is 3.65. The lowest BCUT2D eigenvalue weighted by Crippen LogP contribution is -2.47. The Labute approximate surface area is 141 Å². The molecule has 3 rings (SSSR count). The number of benzene rings is 1. The third-order valence-electron chi connectivity index (χ3n) is 4.44. The highest BCUT2D eigenvalue weighted by atomic mass is 16.2. The SMILES string of the molecule is Cn1cc(C(=O)N[C@H]2CCCN(Cc3ccccc3)C2)ccc1=O. The van der Waals surface area contributed by atoms with Gasteiger partial charge in [0.1, 0.15) is 0 Å². The van der Waals surface area contributed by atoms with Gasteiger partial charge in [-0.15, -0.1) is 0 Å². The average molecular weight is 325 g/mol. The van der Waals surface area contributed by atoms with Gasteiger partial charge in [-0.3, -0.25) is 14.5 Å². The molecule has 0 unspecified atom stereocenters. The van der Waals surface area contributed by atoms with Gasteiger partial charge in [-0.1, -0.05) is 30.3 Å². The van der Waals surface area contributed by atoms with Crippen molar-refractivity contribution in [2.75, 3.05) is 13.1 Å². The van der Waals surface area contributed by atoms with E-state index in [2.05, 4.69) is 34.5 Å². The fraction of sp³-hybridized carbons (Fsp3) is 0.368. The van der Waals surface area contributed by atoms with Crippen LogP contribution >= 0.6 is 0 Å². The highest BCUT2D eigenvalue weighted by Crippen LogP contribution is 2.14. The van der Waals surface area contributed by atoms with Gasteiger partial charge in [0.05, 0.1) is 5.56 Å². The minimum atomic E-state index is -0.114. The van der Waals surface area contributed by atoms with Gasteiger partial charge in [0.15, 0.2) is 0 Å². The number of hydrogen-bond donors (Lipinski definition) is 1. The van der Waals surface area contributed by atoms with Gasteiger partial charge >= 0.3 is 0 Å². The van der Waals surface area contributed by atoms with Crippen molar-refractivity contribution in [3.8, 4) is 0 Å². The van der Waals surface area contributed by atoms with Crippen molar-refractivity contribution in [1.29, 1.82) is 0 Å². The topological polar surface area (TPSA) is 54.3 Å². The van der Waals surface area contributed by atoms with Gasteiger partial charge in [-0.2, -0.15) is 0 Å². The number of amides is 1. The molecule has 0 spiro atoms. The Morgan fingerprint density at radius 1 is 1.21 bits per heavy atom. The van der Waals surface area contributed by atoms with Gasteiger partial charge in [0.25, 0.3) is 5.91 Å². The maximum Gasteiger partial charge on any atom is 0.253 e. The molecule has 1 atom stereocenters. The number of nitrogens with zero attached hydrogens (tertiary/aromatic N) is 2. The molecule has 0 bridgehead atoms. The summed E-state index contributed by atoms with van der Waals surface area (Å²) >= 11 is 0. The van der Waals surface area contributed by atoms with Crippen LogP contribution in [0.15, 0.2) is 53.5 Å². The number of nitrogens with one attached hydrogen (secondary N) is 1. The second kappa shape index (κ2) is 7.45. The lowest BCUT2D eigenvalue weighted by Gasteiger charge is -2.33. The number of carbonyl (C=O) groups is 1. The van der Waals surface area contributed by atoms with Crippen molar-refractivity contribution in [3.05, 3.63) is 70.1 Å². The van der Waals surface area contributed by atoms with Crippen LogP contribution in [0.1, 0.15) is 28.8 Å². The van der Waals surface area contributed by atoms with Crippen molar-refractivity contribution < 1.29 is 4.79 Å². The molecule has 1 aliphatic rings. The molecule has 1 saturated heterocycles. The van der Waals surface area contributed by atoms with Gasteiger partial charge in [-0.05, 0) is 31.0 Å². The molecule has 2 aromatic rings. The lowest BCUT2D eigenvalue weighted by molar-refractivity contribution is 0.0900. The Balaban J connectivity index is 1.59. The summed E-state index contributed by atoms with van der Waals surface area (Å²) in [6, 6.07) is 13.6. The maximum atomic E-state index is 12.4. The normalized spacial score (nSPS) is 18.3. The highest BCUT2D eigenvalue weighted by Gasteiger charge is 2.22. The molecule has 24 heavy (non-hydrogen) atoms. The zero-order valence-corrected chi connectivity index (χ0v) is 13.9. The first kappa shape index (κ1) is 16.5. The van der Waals surface area contributed by atoms with E-state index in [-0.39, 0.29) is 17.5 Å². The first-order chi connectivity index (χ1) is 11.6. The van der Waals surface area contributed by atoms with Crippen molar-refractivity contribution in [2.24, 2.45) is 7.05 Å². The molecule has 1 aromatic carbocycles. The van der Waals surface area contributed by atoms with E-state index in [4.69, 9.17) is 0 Å². The van der Waals surface area contributed by atoms with Gasteiger partial charge in [0.2, 0.25) is 5.56 Å². The first-order valence-corrected chi connectivity index (χ1v) is 8.35. The van der Waals surface area contributed by atoms with E-state index < -0.39 is 0 Å². The van der Waals surface area contributed by atoms with E-state index in [0.717, 1.165) is 32.5 Å². The number of aromatic nitrogens is 1. The quantitative estimate of drug-likeness (QED) is 0.932. The predicted octanol–water partition coefficient (Wildman–Crippen LogP) is 1.78. The standard InChI is InChI=1S/C19H23N3O2/c1-21-13-16(9-10-18(21)23)19(24)20-17-8-5-11-22(14-17)12-15-6-3-2-4-7-15/h2-4,6-7,9-10,13,17H,5,8,11-12,14H2,1H3,(H,20,24)/t17-/m0/s1. The third kappa shape index (κ3) is 4.11. The number of piperidine rings is 1. The third-order valence-corrected chi connectivity index (χ3v) is 4.44. The summed E-state index contributed by atoms with van der Waals surface area (Å²) in [5.41, 5.74) is 1.71. The van der Waals surface area contributed by atoms with Crippen molar-refractivity contribution in [2.45, 2.75) is 25.4 Å². The summed E-state index contributed by atoms with van der Waals surface area (Å²) in [7, 11) is 1.65. The molecule has 1 fully saturated rings. The monoisotopic (exact) mass is 325 g/mol. The van der Waals surface area contributed by atoms with Crippen molar-refractivity contribution >= 4 is 5.91 Å². The molecule has 0 radical (unpaired) electrons. The fourth-order valence-electron chi connectivity index (χ4n) is 3.16. The Morgan fingerprint density at radius 3 is 2.75 bits per heavy atom. The van der Waals surface area contributed by atoms with Crippen LogP contribution in [-0.4, -0.2) is 34.5 Å². The first-order valence-electron chi connectivity index (χ1n) is 8.35. The number of pyridine rings is 1. The summed E-state index contributed by atoms with van der Waals surface area (Å²) < 4.78 is 1.43. The molecule has 1 amide bonds. The van der Waals surface area contributed by atoms with E-state index in [1.54, 1.807) is 19.3 Å². The van der Waals surface area contributed by atoms with E-state index in [1.807, 2.05) is 6.07 Å². The van der Waals surface area contributed by atoms with Crippen LogP contribution in [0.4, 0.5) is 0 Å². The molecule has 1 N–H and O–H groups in total. The zero-order valence-electron chi connectivity index (χ0n) is 13.9. The number of aryl methyl sites for hydroxylation is 1. The summed E-state index contributed by atoms with van der Waals surface area (Å²) in [6.45, 7) is 2.82. The minimum absolute atomic E-state index is 0.113. The molecule has 0 saturated carbocycles. The van der Waals surface area contributed by atoms with Crippen LogP contribution in [0, 0.1) is 0 Å². The van der Waals surface area contributed by atoms with Crippen LogP contribution in [0.25, 0.3) is 0 Å². The van der Waals surface area contributed by atoms with Gasteiger partial charge in [-0.25, -0.2) is 0 Å². The smallest absolute Gasteiger partial charge is 0.253 e. The average Bonchev–Trinajstić information content (AvgIpc) is 2.58. The second-order valence-electron chi connectivity index (χ2n) is 6.40. The van der Waals surface area contributed by atoms with Crippen LogP contribution in [-0.2, 0) is 13.6 Å². The molecule has 0 aliphatic carbocycles. The molecular weight excluding hydrogens is 302 g/mol. The largest absolute Gasteiger partial charge is 0.348 e. The van der Waals surface area contributed by atoms with E-state index in [1.165, 1.54) is 16.2 Å². The fourth-order valence-corrected chi connectivity index (χ4v) is 3.16. The Morgan fingerprint density at radius 2 is 2.00 bits per heavy atom. The Hall–Kier alpha value is -2.40. The summed E-state index contributed by atoms with van der Waals surface area (Å²) in [5.74, 6) is -0.114. The predicted molar refractivity (Wildman–Crippen MR) is 93.9 cm³/mol. The summed E-state index contributed by atoms with van der Waals surface area (Å²) in [5, 5.41) is 3.10. The summed E-state index contributed by atoms with van der Waals surface area (Å²) in [4.78, 5) is 26.2. The highest BCUT2D eigenvalue weighted by molar-refractivity contribution is 5.94. The van der Waals surface area contributed by atoms with Crippen LogP contribution < -0.4 is 10.9 Å². The molecule has 1 aromatic heterocycles. The molecular formula is C19H23N3O2. The van der Waals surface area contributed by atoms with Crippen LogP contribution in [0.3, 0.4) is 0 Å². The zero-order chi connectivity index (χ0) is 16.9. The van der Waals surface area contributed by atoms with Crippen molar-refractivity contribution in [1.82, 2.24) is 14.8 Å². The molecule has 5 nitrogen and oxygen atoms in total. The van der Waals surface area contributed by atoms with E-state index in [0.29, 0.717) is 5.56 Å². The number of carbonyl (C=O) groups excluding carboxylic acids is 1. The Bertz CT molecular complexity index is 755. The molecule has 5 heteroatoms. The van der Waals surface area contributed by atoms with Crippen LogP contribution in [0.5, 0.6) is 0 Å². The molecule has 126 valence electrons.